The Morgan fingerprint density at radius 3 is 2.67 bits per heavy atom. The van der Waals surface area contributed by atoms with Crippen LogP contribution in [0.2, 0.25) is 0 Å². The predicted molar refractivity (Wildman–Crippen MR) is 58.2 cm³/mol. The highest BCUT2D eigenvalue weighted by atomic mass is 16.5. The maximum absolute atomic E-state index is 11.6. The van der Waals surface area contributed by atoms with Crippen LogP contribution in [0.25, 0.3) is 0 Å². The number of nitrogens with zero attached hydrogens (tertiary/aromatic N) is 2. The van der Waals surface area contributed by atoms with Crippen molar-refractivity contribution in [3.8, 4) is 0 Å². The predicted octanol–water partition coefficient (Wildman–Crippen LogP) is 0.803. The molecule has 1 aliphatic heterocycles. The first-order valence-corrected chi connectivity index (χ1v) is 5.35. The molecule has 1 heterocycles. The number of ether oxygens (including phenoxy) is 1. The highest BCUT2D eigenvalue weighted by Crippen LogP contribution is 2.08. The fraction of sp³-hybridized carbons (Fsp3) is 0.900. The van der Waals surface area contributed by atoms with Crippen molar-refractivity contribution in [3.63, 3.8) is 0 Å². The number of hydrogen-bond donors (Lipinski definition) is 1. The topological polar surface area (TPSA) is 58.8 Å². The third kappa shape index (κ3) is 4.05. The van der Waals surface area contributed by atoms with Gasteiger partial charge < -0.3 is 9.64 Å². The molecule has 1 rings (SSSR count). The molecule has 2 amide bonds. The van der Waals surface area contributed by atoms with Gasteiger partial charge in [-0.25, -0.2) is 10.6 Å². The summed E-state index contributed by atoms with van der Waals surface area (Å²) in [5, 5.41) is 1.26. The molecule has 0 radical (unpaired) electrons. The van der Waals surface area contributed by atoms with Gasteiger partial charge in [-0.15, -0.1) is 0 Å². The molecular weight excluding hydrogens is 194 g/mol. The fourth-order valence-corrected chi connectivity index (χ4v) is 1.47. The molecule has 1 fully saturated rings. The molecule has 5 nitrogen and oxygen atoms in total. The number of carbonyl (C=O) groups is 1. The lowest BCUT2D eigenvalue weighted by molar-refractivity contribution is -0.0127. The smallest absolute Gasteiger partial charge is 0.334 e. The van der Waals surface area contributed by atoms with Crippen molar-refractivity contribution < 1.29 is 9.53 Å². The molecule has 0 spiro atoms. The van der Waals surface area contributed by atoms with Crippen LogP contribution in [0.4, 0.5) is 4.79 Å². The summed E-state index contributed by atoms with van der Waals surface area (Å²) in [4.78, 5) is 13.3. The first kappa shape index (κ1) is 12.3. The summed E-state index contributed by atoms with van der Waals surface area (Å²) in [5.74, 6) is 5.53. The highest BCUT2D eigenvalue weighted by molar-refractivity contribution is 5.74. The first-order chi connectivity index (χ1) is 6.90. The molecule has 0 atom stereocenters. The maximum Gasteiger partial charge on any atom is 0.334 e. The van der Waals surface area contributed by atoms with Crippen molar-refractivity contribution in [1.82, 2.24) is 9.91 Å². The first-order valence-electron chi connectivity index (χ1n) is 5.35. The Kier molecular flexibility index (Phi) is 3.93. The Hall–Kier alpha value is -0.810. The summed E-state index contributed by atoms with van der Waals surface area (Å²) < 4.78 is 5.56. The Labute approximate surface area is 91.1 Å². The number of carbonyl (C=O) groups excluding carboxylic acids is 1. The Balaban J connectivity index is 2.29. The lowest BCUT2D eigenvalue weighted by atomic mass is 10.2. The second-order valence-corrected chi connectivity index (χ2v) is 4.78. The summed E-state index contributed by atoms with van der Waals surface area (Å²) >= 11 is 0. The molecule has 1 saturated heterocycles. The van der Waals surface area contributed by atoms with Gasteiger partial charge in [0.2, 0.25) is 0 Å². The van der Waals surface area contributed by atoms with Gasteiger partial charge in [0.15, 0.2) is 0 Å². The van der Waals surface area contributed by atoms with Crippen molar-refractivity contribution in [1.29, 1.82) is 0 Å². The van der Waals surface area contributed by atoms with Crippen LogP contribution in [0.1, 0.15) is 27.2 Å². The number of nitrogens with two attached hydrogens (primary N) is 1. The van der Waals surface area contributed by atoms with E-state index in [1.807, 2.05) is 20.8 Å². The second kappa shape index (κ2) is 4.81. The van der Waals surface area contributed by atoms with Crippen molar-refractivity contribution >= 4 is 6.03 Å². The zero-order chi connectivity index (χ0) is 11.5. The largest absolute Gasteiger partial charge is 0.374 e. The van der Waals surface area contributed by atoms with Gasteiger partial charge in [-0.1, -0.05) is 0 Å². The normalized spacial score (nSPS) is 18.5. The van der Waals surface area contributed by atoms with Crippen molar-refractivity contribution in [3.05, 3.63) is 0 Å². The minimum absolute atomic E-state index is 0.0984. The van der Waals surface area contributed by atoms with Gasteiger partial charge in [0.05, 0.1) is 12.2 Å². The molecular formula is C10H21N3O2. The number of hydrogen-bond acceptors (Lipinski definition) is 3. The van der Waals surface area contributed by atoms with Gasteiger partial charge in [0.25, 0.3) is 0 Å². The third-order valence-electron chi connectivity index (χ3n) is 2.24. The quantitative estimate of drug-likeness (QED) is 0.559. The molecule has 0 bridgehead atoms. The average Bonchev–Trinajstić information content (AvgIpc) is 2.10. The summed E-state index contributed by atoms with van der Waals surface area (Å²) in [6.07, 6.45) is 0.928. The van der Waals surface area contributed by atoms with Crippen molar-refractivity contribution in [2.24, 2.45) is 5.84 Å². The van der Waals surface area contributed by atoms with E-state index in [2.05, 4.69) is 0 Å². The van der Waals surface area contributed by atoms with Gasteiger partial charge in [0.1, 0.15) is 0 Å². The lowest BCUT2D eigenvalue weighted by Gasteiger charge is -2.33. The van der Waals surface area contributed by atoms with E-state index in [9.17, 15) is 4.79 Å². The van der Waals surface area contributed by atoms with Crippen LogP contribution in [-0.2, 0) is 4.74 Å². The minimum Gasteiger partial charge on any atom is -0.374 e. The summed E-state index contributed by atoms with van der Waals surface area (Å²) in [7, 11) is 0. The molecule has 0 aromatic heterocycles. The highest BCUT2D eigenvalue weighted by Gasteiger charge is 2.23. The number of amides is 2. The van der Waals surface area contributed by atoms with Crippen LogP contribution in [0.3, 0.4) is 0 Å². The van der Waals surface area contributed by atoms with Crippen LogP contribution < -0.4 is 5.84 Å². The molecule has 15 heavy (non-hydrogen) atoms. The molecule has 0 unspecified atom stereocenters. The van der Waals surface area contributed by atoms with E-state index in [1.54, 1.807) is 4.90 Å². The van der Waals surface area contributed by atoms with Crippen LogP contribution in [0.5, 0.6) is 0 Å². The van der Waals surface area contributed by atoms with Gasteiger partial charge in [-0.05, 0) is 27.2 Å². The van der Waals surface area contributed by atoms with Gasteiger partial charge >= 0.3 is 6.03 Å². The zero-order valence-electron chi connectivity index (χ0n) is 9.82. The van der Waals surface area contributed by atoms with E-state index in [1.165, 1.54) is 5.01 Å². The van der Waals surface area contributed by atoms with E-state index >= 15 is 0 Å². The summed E-state index contributed by atoms with van der Waals surface area (Å²) in [5.41, 5.74) is -0.152. The van der Waals surface area contributed by atoms with Crippen molar-refractivity contribution in [2.45, 2.75) is 32.8 Å². The molecule has 88 valence electrons. The fourth-order valence-electron chi connectivity index (χ4n) is 1.47. The summed E-state index contributed by atoms with van der Waals surface area (Å²) in [6.45, 7) is 8.60. The molecule has 0 aliphatic carbocycles. The van der Waals surface area contributed by atoms with Crippen molar-refractivity contribution in [2.75, 3.05) is 26.2 Å². The Morgan fingerprint density at radius 2 is 2.07 bits per heavy atom. The minimum atomic E-state index is -0.152. The molecule has 5 heteroatoms. The third-order valence-corrected chi connectivity index (χ3v) is 2.24. The molecule has 2 N–H and O–H groups in total. The number of urea groups is 1. The number of hydrazine groups is 1. The van der Waals surface area contributed by atoms with Crippen LogP contribution >= 0.6 is 0 Å². The molecule has 1 aliphatic rings. The van der Waals surface area contributed by atoms with Crippen LogP contribution in [-0.4, -0.2) is 47.8 Å². The van der Waals surface area contributed by atoms with Gasteiger partial charge in [0, 0.05) is 19.6 Å². The zero-order valence-corrected chi connectivity index (χ0v) is 9.82. The molecule has 0 aromatic carbocycles. The SMILES string of the molecule is CC(C)(C)OCCN1CCCN(N)C1=O. The summed E-state index contributed by atoms with van der Waals surface area (Å²) in [6, 6.07) is -0.0984. The van der Waals surface area contributed by atoms with E-state index < -0.39 is 0 Å². The average molecular weight is 215 g/mol. The van der Waals surface area contributed by atoms with E-state index in [0.717, 1.165) is 13.0 Å². The van der Waals surface area contributed by atoms with Gasteiger partial charge in [-0.2, -0.15) is 0 Å². The molecule has 0 aromatic rings. The maximum atomic E-state index is 11.6. The second-order valence-electron chi connectivity index (χ2n) is 4.78. The van der Waals surface area contributed by atoms with Crippen LogP contribution in [0, 0.1) is 0 Å². The van der Waals surface area contributed by atoms with E-state index in [-0.39, 0.29) is 11.6 Å². The van der Waals surface area contributed by atoms with E-state index in [4.69, 9.17) is 10.6 Å². The van der Waals surface area contributed by atoms with Crippen LogP contribution in [0.15, 0.2) is 0 Å². The Morgan fingerprint density at radius 1 is 1.40 bits per heavy atom. The standard InChI is InChI=1S/C10H21N3O2/c1-10(2,3)15-8-7-12-5-4-6-13(11)9(12)14/h4-8,11H2,1-3H3. The lowest BCUT2D eigenvalue weighted by Crippen LogP contribution is -2.53. The van der Waals surface area contributed by atoms with Gasteiger partial charge in [-0.3, -0.25) is 5.01 Å². The molecule has 0 saturated carbocycles. The Bertz CT molecular complexity index is 225. The number of rotatable bonds is 3. The monoisotopic (exact) mass is 215 g/mol. The van der Waals surface area contributed by atoms with E-state index in [0.29, 0.717) is 19.7 Å².